The summed E-state index contributed by atoms with van der Waals surface area (Å²) in [6.07, 6.45) is 1.42. The third-order valence-corrected chi connectivity index (χ3v) is 7.06. The first kappa shape index (κ1) is 24.3. The molecule has 0 saturated carbocycles. The van der Waals surface area contributed by atoms with Gasteiger partial charge in [0.1, 0.15) is 36.0 Å². The van der Waals surface area contributed by atoms with Crippen molar-refractivity contribution in [2.45, 2.75) is 27.3 Å². The summed E-state index contributed by atoms with van der Waals surface area (Å²) in [4.78, 5) is 27.7. The van der Waals surface area contributed by atoms with Crippen molar-refractivity contribution in [2.24, 2.45) is 0 Å². The van der Waals surface area contributed by atoms with E-state index in [1.54, 1.807) is 16.4 Å². The first-order chi connectivity index (χ1) is 18.9. The quantitative estimate of drug-likeness (QED) is 0.351. The van der Waals surface area contributed by atoms with Crippen LogP contribution in [0.15, 0.2) is 71.8 Å². The Morgan fingerprint density at radius 3 is 2.49 bits per heavy atom. The van der Waals surface area contributed by atoms with E-state index in [1.165, 1.54) is 6.33 Å². The molecule has 194 valence electrons. The highest BCUT2D eigenvalue weighted by molar-refractivity contribution is 5.98. The number of ether oxygens (including phenoxy) is 1. The van der Waals surface area contributed by atoms with E-state index in [0.29, 0.717) is 39.3 Å². The Morgan fingerprint density at radius 1 is 0.897 bits per heavy atom. The van der Waals surface area contributed by atoms with Crippen LogP contribution in [0.1, 0.15) is 22.5 Å². The van der Waals surface area contributed by atoms with Crippen LogP contribution in [0.25, 0.3) is 38.9 Å². The molecule has 3 aromatic carbocycles. The molecule has 0 spiro atoms. The fraction of sp³-hybridized carbons (Fsp3) is 0.167. The van der Waals surface area contributed by atoms with E-state index in [0.717, 1.165) is 33.7 Å². The smallest absolute Gasteiger partial charge is 0.266 e. The number of benzene rings is 3. The van der Waals surface area contributed by atoms with Gasteiger partial charge in [-0.25, -0.2) is 19.6 Å². The molecule has 0 aliphatic carbocycles. The van der Waals surface area contributed by atoms with E-state index in [1.807, 2.05) is 81.4 Å². The summed E-state index contributed by atoms with van der Waals surface area (Å²) in [6.45, 7) is 6.07. The molecular weight excluding hydrogens is 490 g/mol. The van der Waals surface area contributed by atoms with Gasteiger partial charge in [-0.2, -0.15) is 5.10 Å². The Labute approximate surface area is 224 Å². The van der Waals surface area contributed by atoms with E-state index in [9.17, 15) is 4.79 Å². The number of anilines is 1. The first-order valence-corrected chi connectivity index (χ1v) is 12.6. The van der Waals surface area contributed by atoms with Gasteiger partial charge in [-0.3, -0.25) is 9.36 Å². The second-order valence-corrected chi connectivity index (χ2v) is 9.57. The summed E-state index contributed by atoms with van der Waals surface area (Å²) >= 11 is 0. The molecule has 0 saturated heterocycles. The molecule has 3 aromatic heterocycles. The lowest BCUT2D eigenvalue weighted by molar-refractivity contribution is 0.412. The minimum atomic E-state index is -0.128. The number of aryl methyl sites for hydroxylation is 3. The monoisotopic (exact) mass is 517 g/mol. The minimum absolute atomic E-state index is 0.128. The average molecular weight is 518 g/mol. The normalized spacial score (nSPS) is 11.4. The summed E-state index contributed by atoms with van der Waals surface area (Å²) < 4.78 is 8.95. The largest absolute Gasteiger partial charge is 0.496 e. The number of nitrogens with zero attached hydrogens (tertiary/aromatic N) is 6. The van der Waals surface area contributed by atoms with E-state index in [4.69, 9.17) is 20.6 Å². The van der Waals surface area contributed by atoms with Crippen molar-refractivity contribution in [1.82, 2.24) is 29.3 Å². The van der Waals surface area contributed by atoms with Crippen molar-refractivity contribution < 1.29 is 4.74 Å². The van der Waals surface area contributed by atoms with Gasteiger partial charge in [-0.05, 0) is 55.7 Å². The molecule has 39 heavy (non-hydrogen) atoms. The highest BCUT2D eigenvalue weighted by Crippen LogP contribution is 2.33. The van der Waals surface area contributed by atoms with E-state index in [2.05, 4.69) is 9.97 Å². The van der Waals surface area contributed by atoms with E-state index >= 15 is 0 Å². The summed E-state index contributed by atoms with van der Waals surface area (Å²) in [5.74, 6) is 1.59. The van der Waals surface area contributed by atoms with Gasteiger partial charge in [0.15, 0.2) is 5.65 Å². The number of rotatable bonds is 5. The molecule has 0 bridgehead atoms. The lowest BCUT2D eigenvalue weighted by Gasteiger charge is -2.16. The molecule has 0 unspecified atom stereocenters. The lowest BCUT2D eigenvalue weighted by Crippen LogP contribution is -2.26. The molecule has 0 fully saturated rings. The number of aromatic nitrogens is 6. The number of hydrogen-bond acceptors (Lipinski definition) is 7. The second kappa shape index (κ2) is 9.36. The molecule has 3 heterocycles. The SMILES string of the molecule is COc1cc(-c2nn(Cc3nc4cccc(C)c4c(=O)n3-c3ccccc3C)c3ncnc(N)c23)ccc1C. The van der Waals surface area contributed by atoms with Gasteiger partial charge in [0.05, 0.1) is 29.1 Å². The first-order valence-electron chi connectivity index (χ1n) is 12.6. The van der Waals surface area contributed by atoms with Crippen LogP contribution in [0.3, 0.4) is 0 Å². The van der Waals surface area contributed by atoms with Crippen LogP contribution >= 0.6 is 0 Å². The fourth-order valence-electron chi connectivity index (χ4n) is 5.05. The molecule has 0 atom stereocenters. The molecule has 0 aliphatic heterocycles. The van der Waals surface area contributed by atoms with E-state index in [-0.39, 0.29) is 12.1 Å². The maximum atomic E-state index is 14.0. The topological polar surface area (TPSA) is 114 Å². The standard InChI is InChI=1S/C30H27N7O2/c1-17-8-5-6-11-22(17)37-24(34-21-10-7-9-19(3)25(21)30(37)38)15-36-29-26(28(31)32-16-33-29)27(35-36)20-13-12-18(2)23(14-20)39-4/h5-14,16H,15H2,1-4H3,(H2,31,32,33). The zero-order valence-electron chi connectivity index (χ0n) is 22.1. The van der Waals surface area contributed by atoms with Gasteiger partial charge < -0.3 is 10.5 Å². The van der Waals surface area contributed by atoms with Crippen LogP contribution in [-0.2, 0) is 6.54 Å². The molecule has 2 N–H and O–H groups in total. The highest BCUT2D eigenvalue weighted by Gasteiger charge is 2.21. The molecule has 0 aliphatic rings. The number of para-hydroxylation sites is 1. The van der Waals surface area contributed by atoms with Crippen LogP contribution in [0.2, 0.25) is 0 Å². The number of methoxy groups -OCH3 is 1. The zero-order valence-corrected chi connectivity index (χ0v) is 22.1. The second-order valence-electron chi connectivity index (χ2n) is 9.57. The van der Waals surface area contributed by atoms with Crippen LogP contribution in [0.4, 0.5) is 5.82 Å². The average Bonchev–Trinajstić information content (AvgIpc) is 3.29. The predicted octanol–water partition coefficient (Wildman–Crippen LogP) is 4.76. The molecule has 6 aromatic rings. The highest BCUT2D eigenvalue weighted by atomic mass is 16.5. The van der Waals surface area contributed by atoms with Crippen LogP contribution < -0.4 is 16.0 Å². The van der Waals surface area contributed by atoms with Crippen LogP contribution in [-0.4, -0.2) is 36.4 Å². The lowest BCUT2D eigenvalue weighted by atomic mass is 10.1. The maximum Gasteiger partial charge on any atom is 0.266 e. The van der Waals surface area contributed by atoms with Crippen LogP contribution in [0.5, 0.6) is 5.75 Å². The maximum absolute atomic E-state index is 14.0. The van der Waals surface area contributed by atoms with Gasteiger partial charge >= 0.3 is 0 Å². The van der Waals surface area contributed by atoms with Crippen molar-refractivity contribution in [3.8, 4) is 22.7 Å². The Hall–Kier alpha value is -5.05. The predicted molar refractivity (Wildman–Crippen MR) is 152 cm³/mol. The van der Waals surface area contributed by atoms with Gasteiger partial charge in [0.25, 0.3) is 5.56 Å². The Morgan fingerprint density at radius 2 is 1.69 bits per heavy atom. The number of fused-ring (bicyclic) bond motifs is 2. The van der Waals surface area contributed by atoms with Gasteiger partial charge in [-0.1, -0.05) is 42.5 Å². The molecular formula is C30H27N7O2. The molecule has 6 rings (SSSR count). The van der Waals surface area contributed by atoms with Crippen LogP contribution in [0, 0.1) is 20.8 Å². The summed E-state index contributed by atoms with van der Waals surface area (Å²) in [5, 5.41) is 6.15. The molecule has 9 nitrogen and oxygen atoms in total. The summed E-state index contributed by atoms with van der Waals surface area (Å²) in [5.41, 5.74) is 12.5. The Kier molecular flexibility index (Phi) is 5.83. The molecule has 0 amide bonds. The number of nitrogens with two attached hydrogens (primary N) is 1. The van der Waals surface area contributed by atoms with Crippen molar-refractivity contribution in [1.29, 1.82) is 0 Å². The fourth-order valence-corrected chi connectivity index (χ4v) is 5.05. The number of hydrogen-bond donors (Lipinski definition) is 1. The summed E-state index contributed by atoms with van der Waals surface area (Å²) in [6, 6.07) is 19.3. The minimum Gasteiger partial charge on any atom is -0.496 e. The van der Waals surface area contributed by atoms with Crippen molar-refractivity contribution in [3.63, 3.8) is 0 Å². The molecule has 9 heteroatoms. The van der Waals surface area contributed by atoms with Crippen molar-refractivity contribution in [2.75, 3.05) is 12.8 Å². The van der Waals surface area contributed by atoms with Gasteiger partial charge in [0.2, 0.25) is 0 Å². The van der Waals surface area contributed by atoms with Gasteiger partial charge in [-0.15, -0.1) is 0 Å². The third-order valence-electron chi connectivity index (χ3n) is 7.06. The van der Waals surface area contributed by atoms with Crippen molar-refractivity contribution in [3.05, 3.63) is 99.9 Å². The summed E-state index contributed by atoms with van der Waals surface area (Å²) in [7, 11) is 1.64. The van der Waals surface area contributed by atoms with Gasteiger partial charge in [0, 0.05) is 5.56 Å². The zero-order chi connectivity index (χ0) is 27.3. The Balaban J connectivity index is 1.61. The number of nitrogen functional groups attached to an aromatic ring is 1. The Bertz CT molecular complexity index is 1960. The van der Waals surface area contributed by atoms with Crippen molar-refractivity contribution >= 4 is 27.8 Å². The third kappa shape index (κ3) is 3.99. The van der Waals surface area contributed by atoms with E-state index < -0.39 is 0 Å². The molecule has 0 radical (unpaired) electrons.